The first-order valence-corrected chi connectivity index (χ1v) is 5.67. The standard InChI is InChI=1S/C10H10N2O3S/c13-7-3-1-2-6(4-7)11-9(14)8-5-16-10(15)12-8/h1-4,8,13H,5H2,(H,11,14)(H,12,15). The van der Waals surface area contributed by atoms with Gasteiger partial charge in [0.05, 0.1) is 0 Å². The van der Waals surface area contributed by atoms with E-state index >= 15 is 0 Å². The highest BCUT2D eigenvalue weighted by atomic mass is 32.2. The van der Waals surface area contributed by atoms with Gasteiger partial charge in [0.25, 0.3) is 5.24 Å². The van der Waals surface area contributed by atoms with Crippen molar-refractivity contribution in [2.75, 3.05) is 11.1 Å². The van der Waals surface area contributed by atoms with Crippen molar-refractivity contribution in [3.05, 3.63) is 24.3 Å². The first-order chi connectivity index (χ1) is 7.65. The number of carbonyl (C=O) groups is 2. The van der Waals surface area contributed by atoms with Crippen molar-refractivity contribution >= 4 is 28.6 Å². The van der Waals surface area contributed by atoms with Crippen molar-refractivity contribution in [1.82, 2.24) is 5.32 Å². The maximum absolute atomic E-state index is 11.7. The molecule has 1 atom stereocenters. The van der Waals surface area contributed by atoms with E-state index in [1.165, 1.54) is 12.1 Å². The summed E-state index contributed by atoms with van der Waals surface area (Å²) in [5.74, 6) is 0.246. The topological polar surface area (TPSA) is 78.4 Å². The molecule has 0 bridgehead atoms. The van der Waals surface area contributed by atoms with Gasteiger partial charge in [-0.2, -0.15) is 0 Å². The van der Waals surface area contributed by atoms with Gasteiger partial charge in [-0.3, -0.25) is 9.59 Å². The van der Waals surface area contributed by atoms with Crippen molar-refractivity contribution in [3.8, 4) is 5.75 Å². The fourth-order valence-electron chi connectivity index (χ4n) is 1.34. The minimum absolute atomic E-state index is 0.0858. The summed E-state index contributed by atoms with van der Waals surface area (Å²) in [6.45, 7) is 0. The third-order valence-corrected chi connectivity index (χ3v) is 2.98. The molecule has 16 heavy (non-hydrogen) atoms. The number of hydrogen-bond donors (Lipinski definition) is 3. The monoisotopic (exact) mass is 238 g/mol. The van der Waals surface area contributed by atoms with Crippen molar-refractivity contribution in [1.29, 1.82) is 0 Å². The molecule has 5 nitrogen and oxygen atoms in total. The van der Waals surface area contributed by atoms with E-state index in [4.69, 9.17) is 0 Å². The second-order valence-electron chi connectivity index (χ2n) is 3.33. The number of phenols is 1. The molecule has 1 aromatic carbocycles. The highest BCUT2D eigenvalue weighted by Gasteiger charge is 2.27. The number of thioether (sulfide) groups is 1. The third-order valence-electron chi connectivity index (χ3n) is 2.10. The molecular formula is C10H10N2O3S. The molecule has 1 saturated heterocycles. The number of benzene rings is 1. The molecule has 0 aliphatic carbocycles. The van der Waals surface area contributed by atoms with Gasteiger partial charge in [0.15, 0.2) is 0 Å². The Hall–Kier alpha value is -1.69. The van der Waals surface area contributed by atoms with Crippen LogP contribution in [0.5, 0.6) is 5.75 Å². The van der Waals surface area contributed by atoms with Crippen LogP contribution in [0.25, 0.3) is 0 Å². The Morgan fingerprint density at radius 2 is 2.38 bits per heavy atom. The highest BCUT2D eigenvalue weighted by Crippen LogP contribution is 2.18. The van der Waals surface area contributed by atoms with Gasteiger partial charge >= 0.3 is 0 Å². The molecule has 1 heterocycles. The van der Waals surface area contributed by atoms with E-state index in [-0.39, 0.29) is 16.9 Å². The number of phenolic OH excluding ortho intramolecular Hbond substituents is 1. The zero-order chi connectivity index (χ0) is 11.5. The Labute approximate surface area is 96.2 Å². The molecule has 0 spiro atoms. The predicted octanol–water partition coefficient (Wildman–Crippen LogP) is 1.16. The predicted molar refractivity (Wildman–Crippen MR) is 61.5 cm³/mol. The van der Waals surface area contributed by atoms with Gasteiger partial charge in [0.1, 0.15) is 11.8 Å². The quantitative estimate of drug-likeness (QED) is 0.722. The zero-order valence-electron chi connectivity index (χ0n) is 8.27. The summed E-state index contributed by atoms with van der Waals surface area (Å²) in [7, 11) is 0. The Balaban J connectivity index is 1.99. The molecule has 2 amide bonds. The third kappa shape index (κ3) is 2.46. The van der Waals surface area contributed by atoms with Crippen LogP contribution in [-0.2, 0) is 4.79 Å². The number of nitrogens with one attached hydrogen (secondary N) is 2. The van der Waals surface area contributed by atoms with Gasteiger partial charge in [-0.1, -0.05) is 17.8 Å². The van der Waals surface area contributed by atoms with Crippen LogP contribution in [0.2, 0.25) is 0 Å². The lowest BCUT2D eigenvalue weighted by atomic mass is 10.2. The number of aromatic hydroxyl groups is 1. The number of hydrogen-bond acceptors (Lipinski definition) is 4. The van der Waals surface area contributed by atoms with E-state index in [9.17, 15) is 14.7 Å². The largest absolute Gasteiger partial charge is 0.508 e. The van der Waals surface area contributed by atoms with Gasteiger partial charge in [0, 0.05) is 17.5 Å². The molecule has 1 fully saturated rings. The molecule has 3 N–H and O–H groups in total. The smallest absolute Gasteiger partial charge is 0.279 e. The lowest BCUT2D eigenvalue weighted by molar-refractivity contribution is -0.117. The molecular weight excluding hydrogens is 228 g/mol. The lowest BCUT2D eigenvalue weighted by Gasteiger charge is -2.10. The van der Waals surface area contributed by atoms with E-state index in [2.05, 4.69) is 10.6 Å². The summed E-state index contributed by atoms with van der Waals surface area (Å²) in [5.41, 5.74) is 0.510. The molecule has 1 unspecified atom stereocenters. The van der Waals surface area contributed by atoms with Crippen molar-refractivity contribution in [2.45, 2.75) is 6.04 Å². The summed E-state index contributed by atoms with van der Waals surface area (Å²) < 4.78 is 0. The van der Waals surface area contributed by atoms with Crippen LogP contribution < -0.4 is 10.6 Å². The molecule has 84 valence electrons. The second-order valence-corrected chi connectivity index (χ2v) is 4.33. The van der Waals surface area contributed by atoms with Crippen molar-refractivity contribution < 1.29 is 14.7 Å². The van der Waals surface area contributed by atoms with Crippen molar-refractivity contribution in [3.63, 3.8) is 0 Å². The minimum atomic E-state index is -0.500. The van der Waals surface area contributed by atoms with Crippen LogP contribution in [0.3, 0.4) is 0 Å². The fraction of sp³-hybridized carbons (Fsp3) is 0.200. The number of rotatable bonds is 2. The summed E-state index contributed by atoms with van der Waals surface area (Å²) in [6.07, 6.45) is 0. The zero-order valence-corrected chi connectivity index (χ0v) is 9.08. The average Bonchev–Trinajstić information content (AvgIpc) is 2.65. The molecule has 1 aliphatic rings. The molecule has 1 aromatic rings. The first-order valence-electron chi connectivity index (χ1n) is 4.68. The Kier molecular flexibility index (Phi) is 3.00. The fourth-order valence-corrected chi connectivity index (χ4v) is 2.12. The Morgan fingerprint density at radius 1 is 1.56 bits per heavy atom. The van der Waals surface area contributed by atoms with Crippen LogP contribution in [0.1, 0.15) is 0 Å². The van der Waals surface area contributed by atoms with Gasteiger partial charge in [-0.05, 0) is 12.1 Å². The van der Waals surface area contributed by atoms with Crippen LogP contribution >= 0.6 is 11.8 Å². The lowest BCUT2D eigenvalue weighted by Crippen LogP contribution is -2.38. The van der Waals surface area contributed by atoms with E-state index < -0.39 is 6.04 Å². The van der Waals surface area contributed by atoms with Gasteiger partial charge < -0.3 is 15.7 Å². The van der Waals surface area contributed by atoms with Crippen LogP contribution in [-0.4, -0.2) is 28.0 Å². The average molecular weight is 238 g/mol. The van der Waals surface area contributed by atoms with Crippen LogP contribution in [0.15, 0.2) is 24.3 Å². The second kappa shape index (κ2) is 4.44. The molecule has 0 aromatic heterocycles. The Bertz CT molecular complexity index is 436. The normalized spacial score (nSPS) is 19.2. The maximum atomic E-state index is 11.7. The summed E-state index contributed by atoms with van der Waals surface area (Å²) >= 11 is 1.09. The molecule has 6 heteroatoms. The first kappa shape index (κ1) is 10.8. The summed E-state index contributed by atoms with van der Waals surface area (Å²) in [6, 6.07) is 5.76. The van der Waals surface area contributed by atoms with Gasteiger partial charge in [0.2, 0.25) is 5.91 Å². The number of anilines is 1. The van der Waals surface area contributed by atoms with Crippen LogP contribution in [0, 0.1) is 0 Å². The van der Waals surface area contributed by atoms with E-state index in [1.807, 2.05) is 0 Å². The SMILES string of the molecule is O=C1NC(C(=O)Nc2cccc(O)c2)CS1. The van der Waals surface area contributed by atoms with Crippen LogP contribution in [0.4, 0.5) is 10.5 Å². The van der Waals surface area contributed by atoms with Gasteiger partial charge in [-0.25, -0.2) is 0 Å². The number of carbonyl (C=O) groups excluding carboxylic acids is 2. The van der Waals surface area contributed by atoms with Gasteiger partial charge in [-0.15, -0.1) is 0 Å². The Morgan fingerprint density at radius 3 is 3.00 bits per heavy atom. The molecule has 0 radical (unpaired) electrons. The maximum Gasteiger partial charge on any atom is 0.279 e. The highest BCUT2D eigenvalue weighted by molar-refractivity contribution is 8.14. The minimum Gasteiger partial charge on any atom is -0.508 e. The van der Waals surface area contributed by atoms with E-state index in [0.717, 1.165) is 11.8 Å². The van der Waals surface area contributed by atoms with Crippen molar-refractivity contribution in [2.24, 2.45) is 0 Å². The molecule has 2 rings (SSSR count). The summed E-state index contributed by atoms with van der Waals surface area (Å²) in [5, 5.41) is 14.2. The van der Waals surface area contributed by atoms with E-state index in [0.29, 0.717) is 11.4 Å². The number of amides is 2. The molecule has 0 saturated carbocycles. The summed E-state index contributed by atoms with van der Waals surface area (Å²) in [4.78, 5) is 22.5. The van der Waals surface area contributed by atoms with E-state index in [1.54, 1.807) is 12.1 Å². The molecule has 1 aliphatic heterocycles.